The van der Waals surface area contributed by atoms with Crippen LogP contribution in [0.2, 0.25) is 0 Å². The molecule has 26 heavy (non-hydrogen) atoms. The fourth-order valence-corrected chi connectivity index (χ4v) is 2.81. The third kappa shape index (κ3) is 6.08. The van der Waals surface area contributed by atoms with Crippen LogP contribution in [0.4, 0.5) is 0 Å². The topological polar surface area (TPSA) is 48.9 Å². The van der Waals surface area contributed by atoms with Crippen molar-refractivity contribution in [3.63, 3.8) is 0 Å². The number of likely N-dealkylation sites (N-methyl/N-ethyl adjacent to an activating group) is 1. The first-order valence-electron chi connectivity index (χ1n) is 8.93. The van der Waals surface area contributed by atoms with Crippen molar-refractivity contribution in [1.82, 2.24) is 15.5 Å². The van der Waals surface area contributed by atoms with Crippen LogP contribution in [0.15, 0.2) is 59.6 Å². The second-order valence-electron chi connectivity index (χ2n) is 6.37. The van der Waals surface area contributed by atoms with Crippen molar-refractivity contribution in [2.45, 2.75) is 12.5 Å². The highest BCUT2D eigenvalue weighted by molar-refractivity contribution is 5.79. The minimum Gasteiger partial charge on any atom is -0.497 e. The monoisotopic (exact) mass is 354 g/mol. The van der Waals surface area contributed by atoms with E-state index in [0.717, 1.165) is 31.2 Å². The summed E-state index contributed by atoms with van der Waals surface area (Å²) in [6, 6.07) is 18.9. The van der Waals surface area contributed by atoms with Crippen LogP contribution in [-0.4, -0.2) is 52.2 Å². The lowest BCUT2D eigenvalue weighted by atomic mass is 10.1. The number of nitrogens with one attached hydrogen (secondary N) is 2. The summed E-state index contributed by atoms with van der Waals surface area (Å²) in [5.41, 5.74) is 2.56. The van der Waals surface area contributed by atoms with Crippen LogP contribution in [0.25, 0.3) is 0 Å². The van der Waals surface area contributed by atoms with E-state index < -0.39 is 0 Å². The van der Waals surface area contributed by atoms with Crippen molar-refractivity contribution < 1.29 is 4.74 Å². The molecule has 0 heterocycles. The molecule has 2 N–H and O–H groups in total. The fraction of sp³-hybridized carbons (Fsp3) is 0.381. The van der Waals surface area contributed by atoms with Crippen molar-refractivity contribution in [1.29, 1.82) is 0 Å². The number of benzene rings is 2. The Morgan fingerprint density at radius 3 is 2.31 bits per heavy atom. The Hall–Kier alpha value is -2.53. The molecule has 140 valence electrons. The molecule has 1 atom stereocenters. The van der Waals surface area contributed by atoms with Gasteiger partial charge < -0.3 is 20.3 Å². The fourth-order valence-electron chi connectivity index (χ4n) is 2.81. The average Bonchev–Trinajstić information content (AvgIpc) is 2.67. The molecule has 2 aromatic rings. The first-order chi connectivity index (χ1) is 12.6. The van der Waals surface area contributed by atoms with E-state index in [9.17, 15) is 0 Å². The van der Waals surface area contributed by atoms with Gasteiger partial charge in [-0.3, -0.25) is 4.99 Å². The van der Waals surface area contributed by atoms with E-state index in [-0.39, 0.29) is 6.04 Å². The first-order valence-corrected chi connectivity index (χ1v) is 8.93. The van der Waals surface area contributed by atoms with Gasteiger partial charge in [0.1, 0.15) is 5.75 Å². The SMILES string of the molecule is CN=C(NCCc1ccccc1)NCC(c1ccc(OC)cc1)N(C)C. The van der Waals surface area contributed by atoms with Gasteiger partial charge in [0.25, 0.3) is 0 Å². The summed E-state index contributed by atoms with van der Waals surface area (Å²) in [6.07, 6.45) is 0.969. The molecule has 0 fully saturated rings. The Labute approximate surface area is 157 Å². The average molecular weight is 354 g/mol. The van der Waals surface area contributed by atoms with Gasteiger partial charge >= 0.3 is 0 Å². The molecular formula is C21H30N4O. The molecule has 0 saturated heterocycles. The van der Waals surface area contributed by atoms with E-state index >= 15 is 0 Å². The van der Waals surface area contributed by atoms with Gasteiger partial charge in [0.05, 0.1) is 13.2 Å². The zero-order valence-electron chi connectivity index (χ0n) is 16.2. The summed E-state index contributed by atoms with van der Waals surface area (Å²) >= 11 is 0. The quantitative estimate of drug-likeness (QED) is 0.565. The third-order valence-electron chi connectivity index (χ3n) is 4.36. The number of methoxy groups -OCH3 is 1. The largest absolute Gasteiger partial charge is 0.497 e. The zero-order valence-corrected chi connectivity index (χ0v) is 16.2. The van der Waals surface area contributed by atoms with Crippen LogP contribution in [-0.2, 0) is 6.42 Å². The van der Waals surface area contributed by atoms with Crippen molar-refractivity contribution in [2.24, 2.45) is 4.99 Å². The molecule has 0 aliphatic rings. The Morgan fingerprint density at radius 1 is 1.04 bits per heavy atom. The van der Waals surface area contributed by atoms with Crippen molar-refractivity contribution >= 4 is 5.96 Å². The van der Waals surface area contributed by atoms with Gasteiger partial charge in [0.2, 0.25) is 0 Å². The molecule has 2 aromatic carbocycles. The molecule has 2 rings (SSSR count). The Balaban J connectivity index is 1.87. The van der Waals surface area contributed by atoms with E-state index in [1.165, 1.54) is 11.1 Å². The van der Waals surface area contributed by atoms with Crippen LogP contribution in [0.3, 0.4) is 0 Å². The first kappa shape index (κ1) is 19.8. The van der Waals surface area contributed by atoms with Gasteiger partial charge in [-0.25, -0.2) is 0 Å². The predicted octanol–water partition coefficient (Wildman–Crippen LogP) is 2.71. The van der Waals surface area contributed by atoms with Crippen LogP contribution < -0.4 is 15.4 Å². The second-order valence-corrected chi connectivity index (χ2v) is 6.37. The molecule has 0 amide bonds. The highest BCUT2D eigenvalue weighted by Crippen LogP contribution is 2.20. The van der Waals surface area contributed by atoms with Crippen molar-refractivity contribution in [3.8, 4) is 5.75 Å². The minimum atomic E-state index is 0.244. The molecule has 5 heteroatoms. The van der Waals surface area contributed by atoms with Gasteiger partial charge in [-0.2, -0.15) is 0 Å². The molecule has 0 radical (unpaired) electrons. The molecule has 1 unspecified atom stereocenters. The molecule has 0 aliphatic carbocycles. The van der Waals surface area contributed by atoms with E-state index in [0.29, 0.717) is 0 Å². The lowest BCUT2D eigenvalue weighted by Crippen LogP contribution is -2.42. The molecule has 0 spiro atoms. The third-order valence-corrected chi connectivity index (χ3v) is 4.36. The maximum absolute atomic E-state index is 5.25. The molecule has 5 nitrogen and oxygen atoms in total. The molecular weight excluding hydrogens is 324 g/mol. The highest BCUT2D eigenvalue weighted by atomic mass is 16.5. The number of ether oxygens (including phenoxy) is 1. The maximum Gasteiger partial charge on any atom is 0.191 e. The number of hydrogen-bond acceptors (Lipinski definition) is 3. The number of guanidine groups is 1. The Bertz CT molecular complexity index is 668. The van der Waals surface area contributed by atoms with Gasteiger partial charge in [-0.1, -0.05) is 42.5 Å². The summed E-state index contributed by atoms with van der Waals surface area (Å²) < 4.78 is 5.25. The normalized spacial score (nSPS) is 12.7. The number of rotatable bonds is 8. The number of hydrogen-bond donors (Lipinski definition) is 2. The standard InChI is InChI=1S/C21H30N4O/c1-22-21(23-15-14-17-8-6-5-7-9-17)24-16-20(25(2)3)18-10-12-19(26-4)13-11-18/h5-13,20H,14-16H2,1-4H3,(H2,22,23,24). The lowest BCUT2D eigenvalue weighted by Gasteiger charge is -2.26. The molecule has 0 aromatic heterocycles. The summed E-state index contributed by atoms with van der Waals surface area (Å²) in [6.45, 7) is 1.61. The predicted molar refractivity (Wildman–Crippen MR) is 109 cm³/mol. The number of nitrogens with zero attached hydrogens (tertiary/aromatic N) is 2. The van der Waals surface area contributed by atoms with Crippen LogP contribution in [0, 0.1) is 0 Å². The second kappa shape index (κ2) is 10.5. The Kier molecular flexibility index (Phi) is 7.96. The van der Waals surface area contributed by atoms with E-state index in [1.54, 1.807) is 14.2 Å². The van der Waals surface area contributed by atoms with Crippen LogP contribution >= 0.6 is 0 Å². The van der Waals surface area contributed by atoms with Gasteiger partial charge in [0, 0.05) is 20.1 Å². The van der Waals surface area contributed by atoms with Gasteiger partial charge in [-0.05, 0) is 43.8 Å². The summed E-state index contributed by atoms with van der Waals surface area (Å²) in [5.74, 6) is 1.69. The lowest BCUT2D eigenvalue weighted by molar-refractivity contribution is 0.298. The van der Waals surface area contributed by atoms with E-state index in [4.69, 9.17) is 4.74 Å². The van der Waals surface area contributed by atoms with E-state index in [2.05, 4.69) is 71.0 Å². The maximum atomic E-state index is 5.25. The molecule has 0 aliphatic heterocycles. The molecule has 0 bridgehead atoms. The zero-order chi connectivity index (χ0) is 18.8. The van der Waals surface area contributed by atoms with Gasteiger partial charge in [-0.15, -0.1) is 0 Å². The smallest absolute Gasteiger partial charge is 0.191 e. The summed E-state index contributed by atoms with van der Waals surface area (Å²) in [5, 5.41) is 6.81. The van der Waals surface area contributed by atoms with E-state index in [1.807, 2.05) is 18.2 Å². The summed E-state index contributed by atoms with van der Waals surface area (Å²) in [7, 11) is 7.66. The van der Waals surface area contributed by atoms with Crippen LogP contribution in [0.5, 0.6) is 5.75 Å². The minimum absolute atomic E-state index is 0.244. The van der Waals surface area contributed by atoms with Crippen molar-refractivity contribution in [2.75, 3.05) is 41.3 Å². The Morgan fingerprint density at radius 2 is 1.73 bits per heavy atom. The number of aliphatic imine (C=N–C) groups is 1. The highest BCUT2D eigenvalue weighted by Gasteiger charge is 2.14. The summed E-state index contributed by atoms with van der Waals surface area (Å²) in [4.78, 5) is 6.53. The van der Waals surface area contributed by atoms with Crippen molar-refractivity contribution in [3.05, 3.63) is 65.7 Å². The van der Waals surface area contributed by atoms with Gasteiger partial charge in [0.15, 0.2) is 5.96 Å². The van der Waals surface area contributed by atoms with Crippen LogP contribution in [0.1, 0.15) is 17.2 Å². The molecule has 0 saturated carbocycles.